The molecule has 0 saturated carbocycles. The molecule has 1 fully saturated rings. The van der Waals surface area contributed by atoms with Crippen molar-refractivity contribution in [2.24, 2.45) is 5.73 Å². The summed E-state index contributed by atoms with van der Waals surface area (Å²) in [5.41, 5.74) is 7.11. The quantitative estimate of drug-likeness (QED) is 0.835. The smallest absolute Gasteiger partial charge is 0.214 e. The molecule has 2 rings (SSSR count). The van der Waals surface area contributed by atoms with E-state index in [4.69, 9.17) is 22.7 Å². The highest BCUT2D eigenvalue weighted by Gasteiger charge is 2.28. The van der Waals surface area contributed by atoms with E-state index in [0.29, 0.717) is 30.8 Å². The van der Waals surface area contributed by atoms with E-state index in [9.17, 15) is 8.42 Å². The number of benzene rings is 1. The molecule has 0 aliphatic carbocycles. The third-order valence-corrected chi connectivity index (χ3v) is 5.22. The molecule has 0 aromatic heterocycles. The highest BCUT2D eigenvalue weighted by molar-refractivity contribution is 7.89. The molecular formula is C12H16N2O3S2. The molecule has 0 unspecified atom stereocenters. The van der Waals surface area contributed by atoms with Crippen LogP contribution in [-0.4, -0.2) is 37.1 Å². The molecule has 2 N–H and O–H groups in total. The van der Waals surface area contributed by atoms with Crippen LogP contribution < -0.4 is 10.5 Å². The standard InChI is InChI=1S/C12H16N2O3S2/c1-17-11-7-9(3-4-10(11)12(13)18)8-14-5-2-6-19(14,15)16/h3-4,7H,2,5-6,8H2,1H3,(H2,13,18). The number of hydrogen-bond acceptors (Lipinski definition) is 4. The maximum Gasteiger partial charge on any atom is 0.214 e. The van der Waals surface area contributed by atoms with E-state index >= 15 is 0 Å². The number of nitrogens with two attached hydrogens (primary N) is 1. The minimum Gasteiger partial charge on any atom is -0.496 e. The number of sulfonamides is 1. The molecule has 19 heavy (non-hydrogen) atoms. The third kappa shape index (κ3) is 3.05. The van der Waals surface area contributed by atoms with Crippen molar-refractivity contribution >= 4 is 27.2 Å². The van der Waals surface area contributed by atoms with Gasteiger partial charge in [0.05, 0.1) is 18.4 Å². The van der Waals surface area contributed by atoms with Crippen LogP contribution in [0.15, 0.2) is 18.2 Å². The van der Waals surface area contributed by atoms with E-state index in [0.717, 1.165) is 5.56 Å². The molecule has 1 aliphatic rings. The second-order valence-electron chi connectivity index (χ2n) is 4.40. The first-order chi connectivity index (χ1) is 8.94. The number of rotatable bonds is 4. The summed E-state index contributed by atoms with van der Waals surface area (Å²) in [5, 5.41) is 0. The average molecular weight is 300 g/mol. The molecule has 0 spiro atoms. The van der Waals surface area contributed by atoms with Gasteiger partial charge in [0.15, 0.2) is 0 Å². The van der Waals surface area contributed by atoms with Crippen molar-refractivity contribution < 1.29 is 13.2 Å². The van der Waals surface area contributed by atoms with E-state index in [1.54, 1.807) is 12.1 Å². The van der Waals surface area contributed by atoms with Gasteiger partial charge in [-0.1, -0.05) is 18.3 Å². The summed E-state index contributed by atoms with van der Waals surface area (Å²) < 4.78 is 30.2. The minimum absolute atomic E-state index is 0.231. The monoisotopic (exact) mass is 300 g/mol. The van der Waals surface area contributed by atoms with Gasteiger partial charge in [-0.25, -0.2) is 8.42 Å². The molecule has 1 saturated heterocycles. The molecule has 1 aromatic rings. The Morgan fingerprint density at radius 2 is 2.26 bits per heavy atom. The minimum atomic E-state index is -3.09. The predicted molar refractivity (Wildman–Crippen MR) is 77.7 cm³/mol. The van der Waals surface area contributed by atoms with Crippen LogP contribution in [0.4, 0.5) is 0 Å². The first-order valence-corrected chi connectivity index (χ1v) is 7.90. The van der Waals surface area contributed by atoms with Crippen molar-refractivity contribution in [2.75, 3.05) is 19.4 Å². The molecule has 0 amide bonds. The molecule has 1 aliphatic heterocycles. The number of thiocarbonyl (C=S) groups is 1. The molecule has 7 heteroatoms. The lowest BCUT2D eigenvalue weighted by molar-refractivity contribution is 0.409. The fraction of sp³-hybridized carbons (Fsp3) is 0.417. The van der Waals surface area contributed by atoms with Crippen LogP contribution in [0.1, 0.15) is 17.5 Å². The summed E-state index contributed by atoms with van der Waals surface area (Å²) in [6.07, 6.45) is 0.685. The average Bonchev–Trinajstić information content (AvgIpc) is 2.68. The molecule has 1 aromatic carbocycles. The highest BCUT2D eigenvalue weighted by atomic mass is 32.2. The Hall–Kier alpha value is -1.18. The van der Waals surface area contributed by atoms with Crippen molar-refractivity contribution in [3.05, 3.63) is 29.3 Å². The summed E-state index contributed by atoms with van der Waals surface area (Å²) in [7, 11) is -1.55. The van der Waals surface area contributed by atoms with Crippen molar-refractivity contribution in [2.45, 2.75) is 13.0 Å². The van der Waals surface area contributed by atoms with Crippen molar-refractivity contribution in [1.82, 2.24) is 4.31 Å². The van der Waals surface area contributed by atoms with Crippen LogP contribution in [0, 0.1) is 0 Å². The van der Waals surface area contributed by atoms with Gasteiger partial charge < -0.3 is 10.5 Å². The summed E-state index contributed by atoms with van der Waals surface area (Å²) >= 11 is 4.93. The van der Waals surface area contributed by atoms with Crippen LogP contribution in [0.2, 0.25) is 0 Å². The largest absolute Gasteiger partial charge is 0.496 e. The van der Waals surface area contributed by atoms with Gasteiger partial charge in [-0.15, -0.1) is 0 Å². The van der Waals surface area contributed by atoms with Gasteiger partial charge in [0.2, 0.25) is 10.0 Å². The Labute approximate surface area is 118 Å². The Morgan fingerprint density at radius 3 is 2.79 bits per heavy atom. The van der Waals surface area contributed by atoms with E-state index in [1.165, 1.54) is 11.4 Å². The summed E-state index contributed by atoms with van der Waals surface area (Å²) in [6.45, 7) is 0.929. The summed E-state index contributed by atoms with van der Waals surface area (Å²) in [5.74, 6) is 0.802. The summed E-state index contributed by atoms with van der Waals surface area (Å²) in [4.78, 5) is 0.261. The molecule has 0 radical (unpaired) electrons. The maximum atomic E-state index is 11.7. The highest BCUT2D eigenvalue weighted by Crippen LogP contribution is 2.23. The molecule has 104 valence electrons. The number of methoxy groups -OCH3 is 1. The lowest BCUT2D eigenvalue weighted by atomic mass is 10.1. The maximum absolute atomic E-state index is 11.7. The van der Waals surface area contributed by atoms with Gasteiger partial charge in [-0.2, -0.15) is 4.31 Å². The van der Waals surface area contributed by atoms with Gasteiger partial charge >= 0.3 is 0 Å². The SMILES string of the molecule is COc1cc(CN2CCCS2(=O)=O)ccc1C(N)=S. The Balaban J connectivity index is 2.25. The first-order valence-electron chi connectivity index (χ1n) is 5.88. The molecule has 1 heterocycles. The van der Waals surface area contributed by atoms with Crippen molar-refractivity contribution in [3.63, 3.8) is 0 Å². The Bertz CT molecular complexity index is 599. The number of nitrogens with zero attached hydrogens (tertiary/aromatic N) is 1. The number of ether oxygens (including phenoxy) is 1. The normalized spacial score (nSPS) is 18.4. The van der Waals surface area contributed by atoms with Crippen LogP contribution in [0.3, 0.4) is 0 Å². The van der Waals surface area contributed by atoms with Gasteiger partial charge in [-0.3, -0.25) is 0 Å². The first kappa shape index (κ1) is 14.2. The molecule has 0 bridgehead atoms. The second kappa shape index (κ2) is 5.44. The van der Waals surface area contributed by atoms with E-state index in [1.807, 2.05) is 6.07 Å². The number of hydrogen-bond donors (Lipinski definition) is 1. The van der Waals surface area contributed by atoms with Crippen LogP contribution in [0.25, 0.3) is 0 Å². The van der Waals surface area contributed by atoms with Crippen LogP contribution in [-0.2, 0) is 16.6 Å². The Morgan fingerprint density at radius 1 is 1.53 bits per heavy atom. The van der Waals surface area contributed by atoms with E-state index < -0.39 is 10.0 Å². The van der Waals surface area contributed by atoms with Crippen molar-refractivity contribution in [3.8, 4) is 5.75 Å². The zero-order chi connectivity index (χ0) is 14.0. The van der Waals surface area contributed by atoms with Crippen LogP contribution >= 0.6 is 12.2 Å². The zero-order valence-corrected chi connectivity index (χ0v) is 12.3. The second-order valence-corrected chi connectivity index (χ2v) is 6.93. The van der Waals surface area contributed by atoms with Gasteiger partial charge in [0.1, 0.15) is 10.7 Å². The fourth-order valence-electron chi connectivity index (χ4n) is 2.11. The Kier molecular flexibility index (Phi) is 4.07. The zero-order valence-electron chi connectivity index (χ0n) is 10.6. The van der Waals surface area contributed by atoms with Crippen LogP contribution in [0.5, 0.6) is 5.75 Å². The molecule has 0 atom stereocenters. The third-order valence-electron chi connectivity index (χ3n) is 3.09. The molecule has 5 nitrogen and oxygen atoms in total. The van der Waals surface area contributed by atoms with Gasteiger partial charge in [-0.05, 0) is 24.1 Å². The van der Waals surface area contributed by atoms with Crippen molar-refractivity contribution in [1.29, 1.82) is 0 Å². The molecular weight excluding hydrogens is 284 g/mol. The van der Waals surface area contributed by atoms with Gasteiger partial charge in [0.25, 0.3) is 0 Å². The topological polar surface area (TPSA) is 72.6 Å². The van der Waals surface area contributed by atoms with E-state index in [-0.39, 0.29) is 10.7 Å². The van der Waals surface area contributed by atoms with Gasteiger partial charge in [0, 0.05) is 13.1 Å². The predicted octanol–water partition coefficient (Wildman–Crippen LogP) is 0.865. The lowest BCUT2D eigenvalue weighted by Gasteiger charge is -2.15. The lowest BCUT2D eigenvalue weighted by Crippen LogP contribution is -2.25. The van der Waals surface area contributed by atoms with E-state index in [2.05, 4.69) is 0 Å². The fourth-order valence-corrected chi connectivity index (χ4v) is 3.78. The summed E-state index contributed by atoms with van der Waals surface area (Å²) in [6, 6.07) is 5.37.